The van der Waals surface area contributed by atoms with E-state index in [9.17, 15) is 9.18 Å². The molecule has 4 heteroatoms. The monoisotopic (exact) mass is 202 g/mol. The lowest BCUT2D eigenvalue weighted by molar-refractivity contribution is -0.133. The van der Waals surface area contributed by atoms with Crippen molar-refractivity contribution in [1.29, 1.82) is 0 Å². The van der Waals surface area contributed by atoms with E-state index in [0.717, 1.165) is 0 Å². The molecule has 0 radical (unpaired) electrons. The highest BCUT2D eigenvalue weighted by Gasteiger charge is 2.11. The highest BCUT2D eigenvalue weighted by Crippen LogP contribution is 2.12. The van der Waals surface area contributed by atoms with E-state index in [0.29, 0.717) is 5.75 Å². The second-order valence-corrected chi connectivity index (χ2v) is 3.15. The topological polar surface area (TPSA) is 26.3 Å². The Morgan fingerprint density at radius 1 is 1.46 bits per heavy atom. The van der Waals surface area contributed by atoms with E-state index < -0.39 is 11.3 Å². The molecule has 1 atom stereocenters. The van der Waals surface area contributed by atoms with Gasteiger partial charge >= 0.3 is 5.97 Å². The summed E-state index contributed by atoms with van der Waals surface area (Å²) in [6.07, 6.45) is 0. The summed E-state index contributed by atoms with van der Waals surface area (Å²) in [4.78, 5) is 10.9. The van der Waals surface area contributed by atoms with E-state index in [1.165, 1.54) is 31.2 Å². The zero-order chi connectivity index (χ0) is 9.84. The van der Waals surface area contributed by atoms with Crippen LogP contribution in [0.4, 0.5) is 4.39 Å². The van der Waals surface area contributed by atoms with Gasteiger partial charge < -0.3 is 4.74 Å². The molecule has 1 aromatic carbocycles. The van der Waals surface area contributed by atoms with Crippen molar-refractivity contribution in [2.75, 3.05) is 0 Å². The molecular weight excluding hydrogens is 195 g/mol. The second-order valence-electron chi connectivity index (χ2n) is 2.49. The quantitative estimate of drug-likeness (QED) is 0.418. The van der Waals surface area contributed by atoms with Crippen LogP contribution in [0.25, 0.3) is 0 Å². The largest absolute Gasteiger partial charge is 0.425 e. The van der Waals surface area contributed by atoms with Crippen molar-refractivity contribution in [2.45, 2.75) is 12.3 Å². The minimum Gasteiger partial charge on any atom is -0.425 e. The first-order chi connectivity index (χ1) is 6.09. The standard InChI is InChI=1S/C9H8ClFO2/c1-6(10)9(12)13-8-4-2-7(11)3-5-8/h2-6H,1H3. The zero-order valence-corrected chi connectivity index (χ0v) is 7.72. The van der Waals surface area contributed by atoms with Crippen molar-refractivity contribution in [3.63, 3.8) is 0 Å². The van der Waals surface area contributed by atoms with Gasteiger partial charge in [0.05, 0.1) is 0 Å². The van der Waals surface area contributed by atoms with Gasteiger partial charge in [-0.15, -0.1) is 11.6 Å². The molecular formula is C9H8ClFO2. The molecule has 0 N–H and O–H groups in total. The van der Waals surface area contributed by atoms with Gasteiger partial charge in [-0.3, -0.25) is 4.79 Å². The van der Waals surface area contributed by atoms with Crippen LogP contribution in [-0.2, 0) is 4.79 Å². The Morgan fingerprint density at radius 3 is 2.46 bits per heavy atom. The first-order valence-corrected chi connectivity index (χ1v) is 4.14. The number of carbonyl (C=O) groups excluding carboxylic acids is 1. The number of esters is 1. The first kappa shape index (κ1) is 9.99. The number of carbonyl (C=O) groups is 1. The molecule has 0 bridgehead atoms. The van der Waals surface area contributed by atoms with E-state index in [1.54, 1.807) is 0 Å². The average molecular weight is 203 g/mol. The van der Waals surface area contributed by atoms with E-state index in [-0.39, 0.29) is 5.82 Å². The number of hydrogen-bond acceptors (Lipinski definition) is 2. The van der Waals surface area contributed by atoms with Gasteiger partial charge in [0.25, 0.3) is 0 Å². The van der Waals surface area contributed by atoms with Gasteiger partial charge in [0.2, 0.25) is 0 Å². The summed E-state index contributed by atoms with van der Waals surface area (Å²) in [7, 11) is 0. The van der Waals surface area contributed by atoms with Crippen LogP contribution < -0.4 is 4.74 Å². The summed E-state index contributed by atoms with van der Waals surface area (Å²) < 4.78 is 17.2. The molecule has 70 valence electrons. The normalized spacial score (nSPS) is 12.2. The summed E-state index contributed by atoms with van der Waals surface area (Å²) in [5.41, 5.74) is 0. The Kier molecular flexibility index (Phi) is 3.25. The average Bonchev–Trinajstić information content (AvgIpc) is 2.08. The molecule has 0 saturated heterocycles. The summed E-state index contributed by atoms with van der Waals surface area (Å²) in [5.74, 6) is -0.633. The van der Waals surface area contributed by atoms with E-state index in [1.807, 2.05) is 0 Å². The van der Waals surface area contributed by atoms with Gasteiger partial charge in [0.1, 0.15) is 16.9 Å². The smallest absolute Gasteiger partial charge is 0.329 e. The fraction of sp³-hybridized carbons (Fsp3) is 0.222. The third-order valence-electron chi connectivity index (χ3n) is 1.36. The minimum atomic E-state index is -0.704. The Morgan fingerprint density at radius 2 is 2.00 bits per heavy atom. The van der Waals surface area contributed by atoms with Crippen molar-refractivity contribution >= 4 is 17.6 Å². The molecule has 0 heterocycles. The lowest BCUT2D eigenvalue weighted by atomic mass is 10.3. The number of ether oxygens (including phenoxy) is 1. The molecule has 0 aromatic heterocycles. The molecule has 2 nitrogen and oxygen atoms in total. The summed E-state index contributed by atoms with van der Waals surface area (Å²) in [6.45, 7) is 1.51. The predicted molar refractivity (Wildman–Crippen MR) is 47.4 cm³/mol. The van der Waals surface area contributed by atoms with Gasteiger partial charge in [-0.2, -0.15) is 0 Å². The molecule has 0 aliphatic heterocycles. The summed E-state index contributed by atoms with van der Waals surface area (Å²) in [6, 6.07) is 5.15. The number of hydrogen-bond donors (Lipinski definition) is 0. The molecule has 1 aromatic rings. The Labute approximate surface area is 80.3 Å². The van der Waals surface area contributed by atoms with Crippen LogP contribution >= 0.6 is 11.6 Å². The Balaban J connectivity index is 2.65. The molecule has 0 amide bonds. The maximum absolute atomic E-state index is 12.4. The molecule has 0 aliphatic carbocycles. The SMILES string of the molecule is CC(Cl)C(=O)Oc1ccc(F)cc1. The highest BCUT2D eigenvalue weighted by molar-refractivity contribution is 6.29. The van der Waals surface area contributed by atoms with Crippen LogP contribution in [0.2, 0.25) is 0 Å². The molecule has 0 fully saturated rings. The number of halogens is 2. The van der Waals surface area contributed by atoms with Crippen molar-refractivity contribution in [3.05, 3.63) is 30.1 Å². The molecule has 0 aliphatic rings. The summed E-state index contributed by atoms with van der Waals surface area (Å²) in [5, 5.41) is -0.704. The first-order valence-electron chi connectivity index (χ1n) is 3.71. The molecule has 1 rings (SSSR count). The Bertz CT molecular complexity index is 295. The third-order valence-corrected chi connectivity index (χ3v) is 1.54. The Hall–Kier alpha value is -1.09. The van der Waals surface area contributed by atoms with Crippen molar-refractivity contribution < 1.29 is 13.9 Å². The van der Waals surface area contributed by atoms with Crippen LogP contribution in [-0.4, -0.2) is 11.3 Å². The van der Waals surface area contributed by atoms with Gasteiger partial charge in [-0.25, -0.2) is 4.39 Å². The number of alkyl halides is 1. The van der Waals surface area contributed by atoms with Crippen LogP contribution in [0.3, 0.4) is 0 Å². The fourth-order valence-corrected chi connectivity index (χ4v) is 0.745. The van der Waals surface area contributed by atoms with Crippen LogP contribution in [0.1, 0.15) is 6.92 Å². The van der Waals surface area contributed by atoms with Crippen molar-refractivity contribution in [2.24, 2.45) is 0 Å². The molecule has 1 unspecified atom stereocenters. The lowest BCUT2D eigenvalue weighted by Gasteiger charge is -2.04. The number of rotatable bonds is 2. The second kappa shape index (κ2) is 4.23. The fourth-order valence-electron chi connectivity index (χ4n) is 0.700. The van der Waals surface area contributed by atoms with Crippen LogP contribution in [0, 0.1) is 5.82 Å². The van der Waals surface area contributed by atoms with Crippen LogP contribution in [0.5, 0.6) is 5.75 Å². The minimum absolute atomic E-state index is 0.291. The van der Waals surface area contributed by atoms with E-state index in [2.05, 4.69) is 0 Å². The lowest BCUT2D eigenvalue weighted by Crippen LogP contribution is -2.17. The molecule has 0 spiro atoms. The maximum atomic E-state index is 12.4. The summed E-state index contributed by atoms with van der Waals surface area (Å²) >= 11 is 5.46. The highest BCUT2D eigenvalue weighted by atomic mass is 35.5. The van der Waals surface area contributed by atoms with Crippen LogP contribution in [0.15, 0.2) is 24.3 Å². The number of benzene rings is 1. The molecule has 13 heavy (non-hydrogen) atoms. The van der Waals surface area contributed by atoms with Gasteiger partial charge in [0, 0.05) is 0 Å². The van der Waals surface area contributed by atoms with Gasteiger partial charge in [-0.1, -0.05) is 0 Å². The third kappa shape index (κ3) is 3.03. The van der Waals surface area contributed by atoms with E-state index in [4.69, 9.17) is 16.3 Å². The molecule has 0 saturated carbocycles. The van der Waals surface area contributed by atoms with Crippen molar-refractivity contribution in [1.82, 2.24) is 0 Å². The maximum Gasteiger partial charge on any atom is 0.329 e. The zero-order valence-electron chi connectivity index (χ0n) is 6.96. The van der Waals surface area contributed by atoms with Gasteiger partial charge in [0.15, 0.2) is 0 Å². The van der Waals surface area contributed by atoms with Crippen molar-refractivity contribution in [3.8, 4) is 5.75 Å². The predicted octanol–water partition coefficient (Wildman–Crippen LogP) is 2.36. The van der Waals surface area contributed by atoms with Gasteiger partial charge in [-0.05, 0) is 31.2 Å². The van der Waals surface area contributed by atoms with E-state index >= 15 is 0 Å².